The first-order chi connectivity index (χ1) is 15.4. The molecular weight excluding hydrogens is 470 g/mol. The molecule has 0 saturated heterocycles. The Kier molecular flexibility index (Phi) is 8.16. The average Bonchev–Trinajstić information content (AvgIpc) is 2.82. The van der Waals surface area contributed by atoms with Gasteiger partial charge in [0.05, 0.1) is 6.54 Å². The number of likely N-dealkylation sites (N-methyl/N-ethyl adjacent to an activating group) is 1. The topological polar surface area (TPSA) is 78.5 Å². The lowest BCUT2D eigenvalue weighted by atomic mass is 10.0. The van der Waals surface area contributed by atoms with Gasteiger partial charge in [-0.05, 0) is 35.9 Å². The lowest BCUT2D eigenvalue weighted by Gasteiger charge is -2.25. The number of nitrogens with zero attached hydrogens (tertiary/aromatic N) is 1. The standard InChI is InChI=1S/C25H24BrN3O3/c1-29(21-14-8-13-20(26)16-21)25(32)22(15-18-9-4-2-5-10-18)28-23(30)17-27-24(31)19-11-6-3-7-12-19/h2-14,16,22H,15,17H2,1H3,(H,27,31)(H,28,30)/t22-/m0/s1. The maximum absolute atomic E-state index is 13.3. The van der Waals surface area contributed by atoms with Crippen molar-refractivity contribution in [3.63, 3.8) is 0 Å². The lowest BCUT2D eigenvalue weighted by Crippen LogP contribution is -2.51. The SMILES string of the molecule is CN(C(=O)[C@H](Cc1ccccc1)NC(=O)CNC(=O)c1ccccc1)c1cccc(Br)c1. The van der Waals surface area contributed by atoms with E-state index in [4.69, 9.17) is 0 Å². The van der Waals surface area contributed by atoms with Crippen molar-refractivity contribution in [2.45, 2.75) is 12.5 Å². The Balaban J connectivity index is 1.70. The minimum atomic E-state index is -0.789. The molecule has 0 spiro atoms. The van der Waals surface area contributed by atoms with Crippen LogP contribution in [0, 0.1) is 0 Å². The molecule has 1 atom stereocenters. The fourth-order valence-corrected chi connectivity index (χ4v) is 3.58. The summed E-state index contributed by atoms with van der Waals surface area (Å²) in [5.74, 6) is -1.04. The van der Waals surface area contributed by atoms with Crippen molar-refractivity contribution in [1.29, 1.82) is 0 Å². The molecule has 32 heavy (non-hydrogen) atoms. The summed E-state index contributed by atoms with van der Waals surface area (Å²) in [5, 5.41) is 5.37. The van der Waals surface area contributed by atoms with Crippen LogP contribution in [0.15, 0.2) is 89.4 Å². The van der Waals surface area contributed by atoms with E-state index in [1.54, 1.807) is 31.3 Å². The molecule has 0 aromatic heterocycles. The second-order valence-corrected chi connectivity index (χ2v) is 8.15. The number of amides is 3. The van der Waals surface area contributed by atoms with E-state index in [9.17, 15) is 14.4 Å². The number of carbonyl (C=O) groups is 3. The molecule has 3 amide bonds. The van der Waals surface area contributed by atoms with E-state index in [1.807, 2.05) is 60.7 Å². The summed E-state index contributed by atoms with van der Waals surface area (Å²) in [5.41, 5.74) is 2.09. The Morgan fingerprint density at radius 1 is 0.906 bits per heavy atom. The number of rotatable bonds is 8. The van der Waals surface area contributed by atoms with Gasteiger partial charge in [0.15, 0.2) is 0 Å². The number of hydrogen-bond acceptors (Lipinski definition) is 3. The predicted octanol–water partition coefficient (Wildman–Crippen LogP) is 3.57. The summed E-state index contributed by atoms with van der Waals surface area (Å²) in [6.45, 7) is -0.229. The molecule has 0 aliphatic rings. The van der Waals surface area contributed by atoms with Crippen LogP contribution in [0.1, 0.15) is 15.9 Å². The van der Waals surface area contributed by atoms with Gasteiger partial charge < -0.3 is 15.5 Å². The lowest BCUT2D eigenvalue weighted by molar-refractivity contribution is -0.126. The van der Waals surface area contributed by atoms with Gasteiger partial charge in [0.25, 0.3) is 5.91 Å². The van der Waals surface area contributed by atoms with E-state index in [-0.39, 0.29) is 18.4 Å². The molecule has 0 aliphatic carbocycles. The van der Waals surface area contributed by atoms with Gasteiger partial charge in [-0.2, -0.15) is 0 Å². The first kappa shape index (κ1) is 23.2. The fourth-order valence-electron chi connectivity index (χ4n) is 3.19. The second kappa shape index (κ2) is 11.2. The number of anilines is 1. The summed E-state index contributed by atoms with van der Waals surface area (Å²) in [4.78, 5) is 39.6. The highest BCUT2D eigenvalue weighted by Crippen LogP contribution is 2.20. The normalized spacial score (nSPS) is 11.3. The van der Waals surface area contributed by atoms with Crippen LogP contribution in [0.4, 0.5) is 5.69 Å². The van der Waals surface area contributed by atoms with Crippen LogP contribution in [0.2, 0.25) is 0 Å². The second-order valence-electron chi connectivity index (χ2n) is 7.24. The summed E-state index contributed by atoms with van der Waals surface area (Å²) < 4.78 is 0.849. The van der Waals surface area contributed by atoms with Crippen LogP contribution < -0.4 is 15.5 Å². The quantitative estimate of drug-likeness (QED) is 0.503. The van der Waals surface area contributed by atoms with Crippen molar-refractivity contribution < 1.29 is 14.4 Å². The van der Waals surface area contributed by atoms with Gasteiger partial charge in [-0.3, -0.25) is 14.4 Å². The van der Waals surface area contributed by atoms with Crippen LogP contribution in [-0.2, 0) is 16.0 Å². The molecular formula is C25H24BrN3O3. The van der Waals surface area contributed by atoms with Gasteiger partial charge in [0, 0.05) is 29.2 Å². The molecule has 0 radical (unpaired) electrons. The van der Waals surface area contributed by atoms with Gasteiger partial charge in [-0.25, -0.2) is 0 Å². The van der Waals surface area contributed by atoms with Crippen molar-refractivity contribution in [1.82, 2.24) is 10.6 Å². The summed E-state index contributed by atoms with van der Waals surface area (Å²) in [7, 11) is 1.67. The summed E-state index contributed by atoms with van der Waals surface area (Å²) >= 11 is 3.42. The van der Waals surface area contributed by atoms with E-state index in [0.717, 1.165) is 10.0 Å². The van der Waals surface area contributed by atoms with Gasteiger partial charge in [-0.15, -0.1) is 0 Å². The number of benzene rings is 3. The molecule has 3 aromatic rings. The highest BCUT2D eigenvalue weighted by molar-refractivity contribution is 9.10. The third-order valence-electron chi connectivity index (χ3n) is 4.89. The highest BCUT2D eigenvalue weighted by atomic mass is 79.9. The van der Waals surface area contributed by atoms with Crippen LogP contribution >= 0.6 is 15.9 Å². The van der Waals surface area contributed by atoms with Gasteiger partial charge in [0.2, 0.25) is 11.8 Å². The zero-order valence-corrected chi connectivity index (χ0v) is 19.2. The molecule has 164 valence electrons. The smallest absolute Gasteiger partial charge is 0.251 e. The van der Waals surface area contributed by atoms with Crippen LogP contribution in [0.5, 0.6) is 0 Å². The molecule has 7 heteroatoms. The third-order valence-corrected chi connectivity index (χ3v) is 5.38. The van der Waals surface area contributed by atoms with Crippen molar-refractivity contribution in [3.05, 3.63) is 101 Å². The van der Waals surface area contributed by atoms with Gasteiger partial charge >= 0.3 is 0 Å². The molecule has 0 heterocycles. The van der Waals surface area contributed by atoms with Crippen molar-refractivity contribution >= 4 is 39.3 Å². The summed E-state index contributed by atoms with van der Waals surface area (Å²) in [6, 6.07) is 24.7. The van der Waals surface area contributed by atoms with Crippen LogP contribution in [0.3, 0.4) is 0 Å². The molecule has 0 bridgehead atoms. The first-order valence-electron chi connectivity index (χ1n) is 10.1. The minimum absolute atomic E-state index is 0.229. The van der Waals surface area contributed by atoms with Crippen LogP contribution in [0.25, 0.3) is 0 Å². The fraction of sp³-hybridized carbons (Fsp3) is 0.160. The summed E-state index contributed by atoms with van der Waals surface area (Å²) in [6.07, 6.45) is 0.330. The maximum Gasteiger partial charge on any atom is 0.251 e. The molecule has 0 saturated carbocycles. The minimum Gasteiger partial charge on any atom is -0.343 e. The average molecular weight is 494 g/mol. The van der Waals surface area contributed by atoms with Crippen molar-refractivity contribution in [2.75, 3.05) is 18.5 Å². The first-order valence-corrected chi connectivity index (χ1v) is 10.9. The zero-order valence-electron chi connectivity index (χ0n) is 17.6. The largest absolute Gasteiger partial charge is 0.343 e. The Labute approximate surface area is 195 Å². The van der Waals surface area contributed by atoms with E-state index < -0.39 is 11.9 Å². The Bertz CT molecular complexity index is 1070. The van der Waals surface area contributed by atoms with E-state index in [1.165, 1.54) is 4.90 Å². The molecule has 2 N–H and O–H groups in total. The third kappa shape index (κ3) is 6.52. The molecule has 0 aliphatic heterocycles. The molecule has 6 nitrogen and oxygen atoms in total. The monoisotopic (exact) mass is 493 g/mol. The van der Waals surface area contributed by atoms with Crippen molar-refractivity contribution in [3.8, 4) is 0 Å². The number of hydrogen-bond donors (Lipinski definition) is 2. The number of nitrogens with one attached hydrogen (secondary N) is 2. The molecule has 0 fully saturated rings. The Morgan fingerprint density at radius 2 is 1.56 bits per heavy atom. The molecule has 0 unspecified atom stereocenters. The van der Waals surface area contributed by atoms with E-state index in [2.05, 4.69) is 26.6 Å². The Hall–Kier alpha value is -3.45. The maximum atomic E-state index is 13.3. The van der Waals surface area contributed by atoms with Gasteiger partial charge in [0.1, 0.15) is 6.04 Å². The van der Waals surface area contributed by atoms with Crippen molar-refractivity contribution in [2.24, 2.45) is 0 Å². The zero-order chi connectivity index (χ0) is 22.9. The molecule has 3 rings (SSSR count). The van der Waals surface area contributed by atoms with E-state index in [0.29, 0.717) is 17.7 Å². The molecule has 3 aromatic carbocycles. The number of carbonyl (C=O) groups excluding carboxylic acids is 3. The number of halogens is 1. The van der Waals surface area contributed by atoms with Gasteiger partial charge in [-0.1, -0.05) is 70.5 Å². The van der Waals surface area contributed by atoms with E-state index >= 15 is 0 Å². The predicted molar refractivity (Wildman–Crippen MR) is 128 cm³/mol. The van der Waals surface area contributed by atoms with Crippen LogP contribution in [-0.4, -0.2) is 37.4 Å². The Morgan fingerprint density at radius 3 is 2.22 bits per heavy atom. The highest BCUT2D eigenvalue weighted by Gasteiger charge is 2.25.